The van der Waals surface area contributed by atoms with Crippen molar-refractivity contribution in [3.63, 3.8) is 0 Å². The fourth-order valence-electron chi connectivity index (χ4n) is 2.20. The fourth-order valence-corrected chi connectivity index (χ4v) is 2.20. The summed E-state index contributed by atoms with van der Waals surface area (Å²) in [6, 6.07) is 5.54. The lowest BCUT2D eigenvalue weighted by Crippen LogP contribution is -2.37. The van der Waals surface area contributed by atoms with Gasteiger partial charge in [0.25, 0.3) is 5.91 Å². The molecule has 0 saturated heterocycles. The highest BCUT2D eigenvalue weighted by atomic mass is 16.5. The fraction of sp³-hybridized carbons (Fsp3) is 0.500. The predicted octanol–water partition coefficient (Wildman–Crippen LogP) is 1.17. The molecule has 0 fully saturated rings. The number of hydrogen-bond acceptors (Lipinski definition) is 4. The Balaban J connectivity index is 2.28. The highest BCUT2D eigenvalue weighted by Gasteiger charge is 2.24. The summed E-state index contributed by atoms with van der Waals surface area (Å²) in [7, 11) is 1.74. The average Bonchev–Trinajstić information content (AvgIpc) is 2.31. The van der Waals surface area contributed by atoms with E-state index in [0.717, 1.165) is 11.3 Å². The van der Waals surface area contributed by atoms with Crippen molar-refractivity contribution in [1.29, 1.82) is 0 Å². The molecule has 1 aromatic carbocycles. The van der Waals surface area contributed by atoms with Crippen molar-refractivity contribution in [2.75, 3.05) is 18.6 Å². The molecule has 104 valence electrons. The van der Waals surface area contributed by atoms with E-state index in [-0.39, 0.29) is 24.1 Å². The molecule has 2 rings (SSSR count). The normalized spacial score (nSPS) is 16.9. The van der Waals surface area contributed by atoms with Gasteiger partial charge in [-0.25, -0.2) is 0 Å². The third kappa shape index (κ3) is 3.05. The average molecular weight is 263 g/mol. The summed E-state index contributed by atoms with van der Waals surface area (Å²) >= 11 is 0. The smallest absolute Gasteiger partial charge is 0.264 e. The van der Waals surface area contributed by atoms with Crippen LogP contribution in [0.1, 0.15) is 31.9 Å². The molecule has 0 spiro atoms. The van der Waals surface area contributed by atoms with E-state index in [2.05, 4.69) is 0 Å². The molecule has 1 atom stereocenters. The molecular weight excluding hydrogens is 242 g/mol. The topological polar surface area (TPSA) is 81.6 Å². The van der Waals surface area contributed by atoms with Crippen molar-refractivity contribution in [2.24, 2.45) is 11.5 Å². The van der Waals surface area contributed by atoms with E-state index < -0.39 is 0 Å². The highest BCUT2D eigenvalue weighted by molar-refractivity contribution is 5.97. The van der Waals surface area contributed by atoms with Gasteiger partial charge in [-0.3, -0.25) is 4.79 Å². The standard InChI is InChI=1S/C14H21N3O2/c1-14(2,16)7-10(15)9-4-5-12-11(6-9)17(3)13(18)8-19-12/h4-6,10H,7-8,15-16H2,1-3H3. The Hall–Kier alpha value is -1.59. The van der Waals surface area contributed by atoms with E-state index in [1.807, 2.05) is 32.0 Å². The maximum atomic E-state index is 11.6. The molecule has 19 heavy (non-hydrogen) atoms. The number of nitrogens with two attached hydrogens (primary N) is 2. The van der Waals surface area contributed by atoms with Crippen molar-refractivity contribution in [3.8, 4) is 5.75 Å². The number of amides is 1. The van der Waals surface area contributed by atoms with Crippen molar-refractivity contribution in [2.45, 2.75) is 31.8 Å². The van der Waals surface area contributed by atoms with Gasteiger partial charge in [-0.2, -0.15) is 0 Å². The molecule has 4 N–H and O–H groups in total. The van der Waals surface area contributed by atoms with Gasteiger partial charge in [0.05, 0.1) is 5.69 Å². The summed E-state index contributed by atoms with van der Waals surface area (Å²) in [6.45, 7) is 3.98. The lowest BCUT2D eigenvalue weighted by Gasteiger charge is -2.28. The van der Waals surface area contributed by atoms with E-state index in [9.17, 15) is 4.79 Å². The Kier molecular flexibility index (Phi) is 3.52. The van der Waals surface area contributed by atoms with Crippen LogP contribution in [0, 0.1) is 0 Å². The van der Waals surface area contributed by atoms with Gasteiger partial charge >= 0.3 is 0 Å². The van der Waals surface area contributed by atoms with Gasteiger partial charge in [0, 0.05) is 18.6 Å². The molecule has 0 aliphatic carbocycles. The first-order chi connectivity index (χ1) is 8.78. The molecule has 5 heteroatoms. The van der Waals surface area contributed by atoms with Gasteiger partial charge in [0.1, 0.15) is 5.75 Å². The predicted molar refractivity (Wildman–Crippen MR) is 75.2 cm³/mol. The van der Waals surface area contributed by atoms with Gasteiger partial charge in [0.15, 0.2) is 6.61 Å². The van der Waals surface area contributed by atoms with Crippen LogP contribution in [0.3, 0.4) is 0 Å². The monoisotopic (exact) mass is 263 g/mol. The number of rotatable bonds is 3. The number of carbonyl (C=O) groups is 1. The molecule has 1 aromatic rings. The van der Waals surface area contributed by atoms with Crippen LogP contribution in [-0.4, -0.2) is 25.1 Å². The van der Waals surface area contributed by atoms with Gasteiger partial charge in [-0.05, 0) is 38.0 Å². The minimum absolute atomic E-state index is 0.0580. The van der Waals surface area contributed by atoms with Crippen LogP contribution in [0.4, 0.5) is 5.69 Å². The number of carbonyl (C=O) groups excluding carboxylic acids is 1. The second-order valence-electron chi connectivity index (χ2n) is 5.77. The Morgan fingerprint density at radius 2 is 2.16 bits per heavy atom. The molecule has 0 aromatic heterocycles. The summed E-state index contributed by atoms with van der Waals surface area (Å²) in [4.78, 5) is 13.2. The van der Waals surface area contributed by atoms with Gasteiger partial charge < -0.3 is 21.1 Å². The first-order valence-electron chi connectivity index (χ1n) is 6.36. The zero-order valence-electron chi connectivity index (χ0n) is 11.6. The van der Waals surface area contributed by atoms with Crippen molar-refractivity contribution in [1.82, 2.24) is 0 Å². The molecule has 0 radical (unpaired) electrons. The summed E-state index contributed by atoms with van der Waals surface area (Å²) in [5.74, 6) is 0.655. The number of hydrogen-bond donors (Lipinski definition) is 2. The van der Waals surface area contributed by atoms with Crippen LogP contribution in [0.2, 0.25) is 0 Å². The van der Waals surface area contributed by atoms with E-state index in [4.69, 9.17) is 16.2 Å². The second kappa shape index (κ2) is 4.83. The van der Waals surface area contributed by atoms with Gasteiger partial charge in [-0.1, -0.05) is 6.07 Å². The Bertz CT molecular complexity index is 494. The van der Waals surface area contributed by atoms with Crippen molar-refractivity contribution in [3.05, 3.63) is 23.8 Å². The maximum Gasteiger partial charge on any atom is 0.264 e. The minimum atomic E-state index is -0.326. The van der Waals surface area contributed by atoms with E-state index in [1.165, 1.54) is 0 Å². The summed E-state index contributed by atoms with van der Waals surface area (Å²) in [6.07, 6.45) is 0.671. The lowest BCUT2D eigenvalue weighted by molar-refractivity contribution is -0.120. The van der Waals surface area contributed by atoms with Crippen LogP contribution in [0.5, 0.6) is 5.75 Å². The van der Waals surface area contributed by atoms with Crippen LogP contribution in [-0.2, 0) is 4.79 Å². The molecule has 1 aliphatic heterocycles. The molecule has 0 saturated carbocycles. The number of ether oxygens (including phenoxy) is 1. The molecule has 1 aliphatic rings. The largest absolute Gasteiger partial charge is 0.482 e. The summed E-state index contributed by atoms with van der Waals surface area (Å²) < 4.78 is 5.39. The Labute approximate surface area is 113 Å². The van der Waals surface area contributed by atoms with E-state index >= 15 is 0 Å². The maximum absolute atomic E-state index is 11.6. The van der Waals surface area contributed by atoms with Crippen LogP contribution < -0.4 is 21.1 Å². The molecule has 1 heterocycles. The summed E-state index contributed by atoms with van der Waals surface area (Å²) in [5, 5.41) is 0. The number of benzene rings is 1. The highest BCUT2D eigenvalue weighted by Crippen LogP contribution is 2.34. The zero-order valence-corrected chi connectivity index (χ0v) is 11.6. The SMILES string of the molecule is CN1C(=O)COc2ccc(C(N)CC(C)(C)N)cc21. The van der Waals surface area contributed by atoms with Gasteiger partial charge in [0.2, 0.25) is 0 Å². The molecule has 5 nitrogen and oxygen atoms in total. The van der Waals surface area contributed by atoms with E-state index in [1.54, 1.807) is 11.9 Å². The number of nitrogens with zero attached hydrogens (tertiary/aromatic N) is 1. The van der Waals surface area contributed by atoms with Crippen molar-refractivity contribution < 1.29 is 9.53 Å². The number of likely N-dealkylation sites (N-methyl/N-ethyl adjacent to an activating group) is 1. The van der Waals surface area contributed by atoms with Crippen LogP contribution in [0.25, 0.3) is 0 Å². The molecular formula is C14H21N3O2. The Morgan fingerprint density at radius 1 is 1.47 bits per heavy atom. The quantitative estimate of drug-likeness (QED) is 0.857. The van der Waals surface area contributed by atoms with Crippen LogP contribution >= 0.6 is 0 Å². The molecule has 0 bridgehead atoms. The van der Waals surface area contributed by atoms with Crippen molar-refractivity contribution >= 4 is 11.6 Å². The zero-order chi connectivity index (χ0) is 14.2. The number of anilines is 1. The third-order valence-electron chi connectivity index (χ3n) is 3.24. The number of fused-ring (bicyclic) bond motifs is 1. The summed E-state index contributed by atoms with van der Waals surface area (Å²) in [5.41, 5.74) is 13.6. The van der Waals surface area contributed by atoms with E-state index in [0.29, 0.717) is 12.2 Å². The second-order valence-corrected chi connectivity index (χ2v) is 5.77. The molecule has 1 unspecified atom stereocenters. The Morgan fingerprint density at radius 3 is 2.79 bits per heavy atom. The first-order valence-corrected chi connectivity index (χ1v) is 6.36. The lowest BCUT2D eigenvalue weighted by atomic mass is 9.92. The first kappa shape index (κ1) is 13.8. The van der Waals surface area contributed by atoms with Crippen LogP contribution in [0.15, 0.2) is 18.2 Å². The van der Waals surface area contributed by atoms with Gasteiger partial charge in [-0.15, -0.1) is 0 Å². The minimum Gasteiger partial charge on any atom is -0.482 e. The third-order valence-corrected chi connectivity index (χ3v) is 3.24. The molecule has 1 amide bonds.